The van der Waals surface area contributed by atoms with Gasteiger partial charge in [-0.2, -0.15) is 24.5 Å². The van der Waals surface area contributed by atoms with Crippen LogP contribution in [-0.4, -0.2) is 66.2 Å². The number of amides is 1. The second kappa shape index (κ2) is 11.2. The van der Waals surface area contributed by atoms with Crippen molar-refractivity contribution >= 4 is 23.2 Å². The first-order chi connectivity index (χ1) is 16.1. The quantitative estimate of drug-likeness (QED) is 0.649. The van der Waals surface area contributed by atoms with E-state index in [0.717, 1.165) is 56.9 Å². The highest BCUT2D eigenvalue weighted by molar-refractivity contribution is 7.08. The number of nitrogens with zero attached hydrogens (tertiary/aromatic N) is 2. The Morgan fingerprint density at radius 1 is 1.03 bits per heavy atom. The van der Waals surface area contributed by atoms with Gasteiger partial charge in [0.15, 0.2) is 0 Å². The number of aliphatic carboxylic acids is 1. The van der Waals surface area contributed by atoms with Gasteiger partial charge in [-0.15, -0.1) is 0 Å². The van der Waals surface area contributed by atoms with Crippen molar-refractivity contribution in [2.45, 2.75) is 38.4 Å². The van der Waals surface area contributed by atoms with Crippen molar-refractivity contribution in [2.75, 3.05) is 33.3 Å². The van der Waals surface area contributed by atoms with Gasteiger partial charge in [-0.25, -0.2) is 4.79 Å². The predicted octanol–water partition coefficient (Wildman–Crippen LogP) is 4.91. The fourth-order valence-electron chi connectivity index (χ4n) is 4.43. The second-order valence-corrected chi connectivity index (χ2v) is 9.51. The number of thiophene rings is 1. The van der Waals surface area contributed by atoms with E-state index in [1.807, 2.05) is 29.0 Å². The number of carbonyl (C=O) groups excluding carboxylic acids is 1. The molecule has 3 heterocycles. The SMILES string of the molecule is COc1ccc(CN2CCC3(CC2)CCN(C(=O)c2ccsc2)CC3)cc1.O=C(O)C(F)(F)F. The standard InChI is InChI=1S/C22H28N2O2S.C2HF3O2/c1-26-20-4-2-18(3-5-20)16-23-11-7-22(8-12-23)9-13-24(14-10-22)21(25)19-6-15-27-17-19;3-2(4,5)1(6)7/h2-6,15,17H,7-14,16H2,1H3;(H,6,7). The Balaban J connectivity index is 0.000000406. The number of halogens is 3. The van der Waals surface area contributed by atoms with Crippen LogP contribution in [0.5, 0.6) is 5.75 Å². The van der Waals surface area contributed by atoms with Gasteiger partial charge in [-0.05, 0) is 73.3 Å². The van der Waals surface area contributed by atoms with E-state index in [1.54, 1.807) is 18.4 Å². The first-order valence-electron chi connectivity index (χ1n) is 11.1. The Morgan fingerprint density at radius 2 is 1.59 bits per heavy atom. The van der Waals surface area contributed by atoms with Crippen LogP contribution in [0, 0.1) is 5.41 Å². The lowest BCUT2D eigenvalue weighted by Gasteiger charge is -2.47. The molecule has 1 aromatic heterocycles. The third kappa shape index (κ3) is 6.96. The Kier molecular flexibility index (Phi) is 8.59. The largest absolute Gasteiger partial charge is 0.497 e. The van der Waals surface area contributed by atoms with Crippen molar-refractivity contribution in [3.63, 3.8) is 0 Å². The van der Waals surface area contributed by atoms with E-state index in [-0.39, 0.29) is 5.91 Å². The molecule has 2 aliphatic rings. The van der Waals surface area contributed by atoms with Crippen molar-refractivity contribution in [1.29, 1.82) is 0 Å². The Morgan fingerprint density at radius 3 is 2.06 bits per heavy atom. The van der Waals surface area contributed by atoms with Gasteiger partial charge in [0.1, 0.15) is 5.75 Å². The van der Waals surface area contributed by atoms with Crippen LogP contribution in [0.3, 0.4) is 0 Å². The summed E-state index contributed by atoms with van der Waals surface area (Å²) in [5, 5.41) is 11.1. The van der Waals surface area contributed by atoms with Crippen LogP contribution < -0.4 is 4.74 Å². The lowest BCUT2D eigenvalue weighted by Crippen LogP contribution is -2.48. The molecule has 0 aliphatic carbocycles. The molecule has 10 heteroatoms. The monoisotopic (exact) mass is 498 g/mol. The van der Waals surface area contributed by atoms with Gasteiger partial charge < -0.3 is 14.7 Å². The summed E-state index contributed by atoms with van der Waals surface area (Å²) in [5.74, 6) is -1.63. The zero-order chi connectivity index (χ0) is 24.8. The number of carboxylic acid groups (broad SMARTS) is 1. The zero-order valence-electron chi connectivity index (χ0n) is 19.0. The first-order valence-corrected chi connectivity index (χ1v) is 12.0. The summed E-state index contributed by atoms with van der Waals surface area (Å²) in [5.41, 5.74) is 2.65. The molecular weight excluding hydrogens is 469 g/mol. The van der Waals surface area contributed by atoms with Gasteiger partial charge in [0.25, 0.3) is 5.91 Å². The van der Waals surface area contributed by atoms with Crippen LogP contribution in [0.1, 0.15) is 41.6 Å². The maximum atomic E-state index is 12.5. The smallest absolute Gasteiger partial charge is 0.490 e. The van der Waals surface area contributed by atoms with Crippen LogP contribution >= 0.6 is 11.3 Å². The number of hydrogen-bond donors (Lipinski definition) is 1. The maximum absolute atomic E-state index is 12.5. The Labute approximate surface area is 200 Å². The number of piperidine rings is 2. The molecule has 2 aromatic rings. The van der Waals surface area contributed by atoms with Crippen molar-refractivity contribution in [2.24, 2.45) is 5.41 Å². The molecule has 2 saturated heterocycles. The summed E-state index contributed by atoms with van der Waals surface area (Å²) in [6, 6.07) is 10.4. The third-order valence-corrected chi connectivity index (χ3v) is 7.29. The van der Waals surface area contributed by atoms with Crippen molar-refractivity contribution in [3.05, 3.63) is 52.2 Å². The summed E-state index contributed by atoms with van der Waals surface area (Å²) >= 11 is 1.60. The van der Waals surface area contributed by atoms with E-state index in [0.29, 0.717) is 5.41 Å². The molecule has 0 atom stereocenters. The van der Waals surface area contributed by atoms with E-state index in [2.05, 4.69) is 21.9 Å². The number of methoxy groups -OCH3 is 1. The Hall–Kier alpha value is -2.59. The predicted molar refractivity (Wildman–Crippen MR) is 123 cm³/mol. The van der Waals surface area contributed by atoms with Crippen LogP contribution in [0.25, 0.3) is 0 Å². The molecule has 0 radical (unpaired) electrons. The van der Waals surface area contributed by atoms with Crippen LogP contribution in [0.4, 0.5) is 13.2 Å². The molecular formula is C24H29F3N2O4S. The zero-order valence-corrected chi connectivity index (χ0v) is 19.8. The van der Waals surface area contributed by atoms with E-state index in [4.69, 9.17) is 14.6 Å². The third-order valence-electron chi connectivity index (χ3n) is 6.60. The summed E-state index contributed by atoms with van der Waals surface area (Å²) in [7, 11) is 1.71. The molecule has 6 nitrogen and oxygen atoms in total. The number of likely N-dealkylation sites (tertiary alicyclic amines) is 2. The summed E-state index contributed by atoms with van der Waals surface area (Å²) in [4.78, 5) is 26.1. The van der Waals surface area contributed by atoms with Gasteiger partial charge >= 0.3 is 12.1 Å². The molecule has 186 valence electrons. The summed E-state index contributed by atoms with van der Waals surface area (Å²) in [6.45, 7) is 5.15. The van der Waals surface area contributed by atoms with Crippen molar-refractivity contribution in [1.82, 2.24) is 9.80 Å². The number of rotatable bonds is 4. The highest BCUT2D eigenvalue weighted by Gasteiger charge is 2.39. The average Bonchev–Trinajstić information content (AvgIpc) is 3.36. The van der Waals surface area contributed by atoms with Crippen LogP contribution in [-0.2, 0) is 11.3 Å². The topological polar surface area (TPSA) is 70.1 Å². The van der Waals surface area contributed by atoms with Gasteiger partial charge in [0, 0.05) is 25.0 Å². The summed E-state index contributed by atoms with van der Waals surface area (Å²) < 4.78 is 37.0. The highest BCUT2D eigenvalue weighted by Crippen LogP contribution is 2.41. The molecule has 1 amide bonds. The number of alkyl halides is 3. The Bertz CT molecular complexity index is 930. The molecule has 0 unspecified atom stereocenters. The molecule has 1 spiro atoms. The van der Waals surface area contributed by atoms with Gasteiger partial charge in [-0.1, -0.05) is 12.1 Å². The first kappa shape index (κ1) is 26.0. The lowest BCUT2D eigenvalue weighted by molar-refractivity contribution is -0.192. The van der Waals surface area contributed by atoms with Gasteiger partial charge in [0.05, 0.1) is 12.7 Å². The molecule has 4 rings (SSSR count). The minimum atomic E-state index is -5.08. The van der Waals surface area contributed by atoms with Gasteiger partial charge in [-0.3, -0.25) is 9.69 Å². The second-order valence-electron chi connectivity index (χ2n) is 8.73. The van der Waals surface area contributed by atoms with E-state index in [1.165, 1.54) is 18.4 Å². The highest BCUT2D eigenvalue weighted by atomic mass is 32.1. The molecule has 0 saturated carbocycles. The fraction of sp³-hybridized carbons (Fsp3) is 0.500. The minimum absolute atomic E-state index is 0.211. The molecule has 1 aromatic carbocycles. The van der Waals surface area contributed by atoms with E-state index >= 15 is 0 Å². The number of carbonyl (C=O) groups is 2. The lowest BCUT2D eigenvalue weighted by atomic mass is 9.71. The van der Waals surface area contributed by atoms with Crippen molar-refractivity contribution < 1.29 is 32.6 Å². The molecule has 2 fully saturated rings. The van der Waals surface area contributed by atoms with Crippen LogP contribution in [0.2, 0.25) is 0 Å². The maximum Gasteiger partial charge on any atom is 0.490 e. The number of benzene rings is 1. The number of ether oxygens (including phenoxy) is 1. The minimum Gasteiger partial charge on any atom is -0.497 e. The number of hydrogen-bond acceptors (Lipinski definition) is 5. The molecule has 2 aliphatic heterocycles. The number of carboxylic acids is 1. The fourth-order valence-corrected chi connectivity index (χ4v) is 5.06. The van der Waals surface area contributed by atoms with E-state index < -0.39 is 12.1 Å². The average molecular weight is 499 g/mol. The normalized spacial score (nSPS) is 18.2. The molecule has 0 bridgehead atoms. The van der Waals surface area contributed by atoms with Crippen molar-refractivity contribution in [3.8, 4) is 5.75 Å². The summed E-state index contributed by atoms with van der Waals surface area (Å²) in [6.07, 6.45) is -0.272. The van der Waals surface area contributed by atoms with Gasteiger partial charge in [0.2, 0.25) is 0 Å². The van der Waals surface area contributed by atoms with E-state index in [9.17, 15) is 18.0 Å². The molecule has 34 heavy (non-hydrogen) atoms. The van der Waals surface area contributed by atoms with Crippen LogP contribution in [0.15, 0.2) is 41.1 Å². The molecule has 1 N–H and O–H groups in total.